The average molecular weight is 515 g/mol. The number of carbonyl (C=O) groups is 2. The van der Waals surface area contributed by atoms with E-state index < -0.39 is 0 Å². The Kier molecular flexibility index (Phi) is 6.60. The first-order chi connectivity index (χ1) is 18.4. The van der Waals surface area contributed by atoms with Crippen molar-refractivity contribution in [1.29, 1.82) is 0 Å². The van der Waals surface area contributed by atoms with Crippen molar-refractivity contribution in [3.63, 3.8) is 0 Å². The van der Waals surface area contributed by atoms with Gasteiger partial charge in [0.2, 0.25) is 11.8 Å². The Morgan fingerprint density at radius 1 is 0.921 bits per heavy atom. The molecule has 0 bridgehead atoms. The van der Waals surface area contributed by atoms with Gasteiger partial charge in [0.1, 0.15) is 0 Å². The summed E-state index contributed by atoms with van der Waals surface area (Å²) >= 11 is 0. The molecule has 0 aliphatic carbocycles. The van der Waals surface area contributed by atoms with Gasteiger partial charge in [0.05, 0.1) is 17.1 Å². The van der Waals surface area contributed by atoms with Gasteiger partial charge in [-0.2, -0.15) is 5.10 Å². The number of carbonyl (C=O) groups excluding carboxylic acids is 2. The molecule has 4 heterocycles. The second kappa shape index (κ2) is 10.1. The van der Waals surface area contributed by atoms with Crippen molar-refractivity contribution in [3.8, 4) is 0 Å². The van der Waals surface area contributed by atoms with Crippen LogP contribution in [0.2, 0.25) is 0 Å². The third-order valence-corrected chi connectivity index (χ3v) is 8.80. The van der Waals surface area contributed by atoms with Crippen LogP contribution in [0.4, 0.5) is 11.4 Å². The summed E-state index contributed by atoms with van der Waals surface area (Å²) in [5.74, 6) is -0.798. The van der Waals surface area contributed by atoms with Crippen LogP contribution in [0.25, 0.3) is 10.9 Å². The average Bonchev–Trinajstić information content (AvgIpc) is 3.25. The number of rotatable bonds is 4. The molecule has 6 rings (SSSR count). The number of nitrogens with zero attached hydrogens (tertiary/aromatic N) is 5. The topological polar surface area (TPSA) is 73.7 Å². The van der Waals surface area contributed by atoms with Gasteiger partial charge in [0, 0.05) is 75.0 Å². The molecule has 3 fully saturated rings. The summed E-state index contributed by atoms with van der Waals surface area (Å²) in [5.41, 5.74) is 5.67. The lowest BCUT2D eigenvalue weighted by Gasteiger charge is -2.46. The van der Waals surface area contributed by atoms with Crippen molar-refractivity contribution in [2.24, 2.45) is 7.05 Å². The Morgan fingerprint density at radius 3 is 2.37 bits per heavy atom. The van der Waals surface area contributed by atoms with E-state index in [0.717, 1.165) is 49.3 Å². The Balaban J connectivity index is 1.09. The van der Waals surface area contributed by atoms with E-state index in [1.807, 2.05) is 11.7 Å². The number of piperazine rings is 1. The molecule has 3 aliphatic rings. The second-order valence-electron chi connectivity index (χ2n) is 11.3. The first-order valence-electron chi connectivity index (χ1n) is 14.0. The number of piperidine rings is 2. The second-order valence-corrected chi connectivity index (χ2v) is 11.3. The molecule has 3 aromatic rings. The fraction of sp³-hybridized carbons (Fsp3) is 0.500. The Hall–Kier alpha value is -3.39. The van der Waals surface area contributed by atoms with E-state index in [2.05, 4.69) is 76.3 Å². The highest BCUT2D eigenvalue weighted by molar-refractivity contribution is 6.02. The van der Waals surface area contributed by atoms with Gasteiger partial charge in [-0.3, -0.25) is 24.5 Å². The van der Waals surface area contributed by atoms with Crippen LogP contribution in [-0.2, 0) is 16.6 Å². The van der Waals surface area contributed by atoms with E-state index in [1.165, 1.54) is 29.8 Å². The van der Waals surface area contributed by atoms with Crippen molar-refractivity contribution in [2.75, 3.05) is 42.5 Å². The summed E-state index contributed by atoms with van der Waals surface area (Å²) in [6.45, 7) is 9.90. The highest BCUT2D eigenvalue weighted by atomic mass is 16.2. The van der Waals surface area contributed by atoms with E-state index in [0.29, 0.717) is 24.9 Å². The highest BCUT2D eigenvalue weighted by Crippen LogP contribution is 2.33. The molecule has 200 valence electrons. The van der Waals surface area contributed by atoms with E-state index in [4.69, 9.17) is 5.10 Å². The number of fused-ring (bicyclic) bond motifs is 1. The maximum Gasteiger partial charge on any atom is 0.235 e. The molecule has 0 saturated carbocycles. The predicted molar refractivity (Wildman–Crippen MR) is 151 cm³/mol. The zero-order chi connectivity index (χ0) is 26.4. The molecule has 3 saturated heterocycles. The smallest absolute Gasteiger partial charge is 0.235 e. The summed E-state index contributed by atoms with van der Waals surface area (Å²) < 4.78 is 1.87. The molecule has 2 amide bonds. The minimum Gasteiger partial charge on any atom is -0.371 e. The van der Waals surface area contributed by atoms with Crippen molar-refractivity contribution >= 4 is 34.1 Å². The summed E-state index contributed by atoms with van der Waals surface area (Å²) in [6, 6.07) is 16.6. The van der Waals surface area contributed by atoms with Gasteiger partial charge < -0.3 is 9.80 Å². The van der Waals surface area contributed by atoms with Crippen molar-refractivity contribution < 1.29 is 9.59 Å². The number of nitrogens with one attached hydrogen (secondary N) is 1. The van der Waals surface area contributed by atoms with Gasteiger partial charge in [-0.1, -0.05) is 17.7 Å². The minimum absolute atomic E-state index is 0.195. The maximum absolute atomic E-state index is 12.5. The lowest BCUT2D eigenvalue weighted by molar-refractivity contribution is -0.134. The standard InChI is InChI=1S/C30H38N6O2/c1-20-4-6-23(7-5-20)36-17-16-35(19-21(36)2)22-12-14-34(15-13-22)24-8-9-25-27(18-24)33(3)32-29(25)26-10-11-28(37)31-30(26)38/h4-9,18,21-22,26H,10-17,19H2,1-3H3,(H,31,37,38)/t21-,26?/m0/s1. The Morgan fingerprint density at radius 2 is 1.66 bits per heavy atom. The summed E-state index contributed by atoms with van der Waals surface area (Å²) in [6.07, 6.45) is 3.22. The molecule has 1 unspecified atom stereocenters. The predicted octanol–water partition coefficient (Wildman–Crippen LogP) is 3.58. The molecule has 1 N–H and O–H groups in total. The fourth-order valence-corrected chi connectivity index (χ4v) is 6.61. The number of aryl methyl sites for hydroxylation is 2. The van der Waals surface area contributed by atoms with Gasteiger partial charge in [0.15, 0.2) is 0 Å². The lowest BCUT2D eigenvalue weighted by atomic mass is 9.92. The Bertz CT molecular complexity index is 1340. The molecule has 0 spiro atoms. The zero-order valence-corrected chi connectivity index (χ0v) is 22.7. The Labute approximate surface area is 224 Å². The highest BCUT2D eigenvalue weighted by Gasteiger charge is 2.33. The molecule has 8 nitrogen and oxygen atoms in total. The van der Waals surface area contributed by atoms with Gasteiger partial charge in [-0.15, -0.1) is 0 Å². The largest absolute Gasteiger partial charge is 0.371 e. The molecule has 1 aromatic heterocycles. The minimum atomic E-state index is -0.369. The van der Waals surface area contributed by atoms with Crippen LogP contribution >= 0.6 is 0 Å². The molecule has 0 radical (unpaired) electrons. The van der Waals surface area contributed by atoms with Crippen LogP contribution in [0.5, 0.6) is 0 Å². The van der Waals surface area contributed by atoms with E-state index in [-0.39, 0.29) is 17.7 Å². The number of benzene rings is 2. The molecule has 8 heteroatoms. The monoisotopic (exact) mass is 514 g/mol. The SMILES string of the molecule is Cc1ccc(N2CCN(C3CCN(c4ccc5c(C6CCC(=O)NC6=O)nn(C)c5c4)CC3)C[C@@H]2C)cc1. The van der Waals surface area contributed by atoms with Crippen LogP contribution in [-0.4, -0.2) is 71.3 Å². The molecule has 2 aromatic carbocycles. The number of amides is 2. The van der Waals surface area contributed by atoms with Crippen LogP contribution < -0.4 is 15.1 Å². The summed E-state index contributed by atoms with van der Waals surface area (Å²) in [7, 11) is 1.94. The van der Waals surface area contributed by atoms with Crippen molar-refractivity contribution in [2.45, 2.75) is 57.5 Å². The number of hydrogen-bond acceptors (Lipinski definition) is 6. The van der Waals surface area contributed by atoms with Gasteiger partial charge in [0.25, 0.3) is 0 Å². The lowest BCUT2D eigenvalue weighted by Crippen LogP contribution is -2.56. The van der Waals surface area contributed by atoms with Gasteiger partial charge in [-0.05, 0) is 63.4 Å². The van der Waals surface area contributed by atoms with E-state index >= 15 is 0 Å². The molecule has 2 atom stereocenters. The summed E-state index contributed by atoms with van der Waals surface area (Å²) in [5, 5.41) is 8.17. The first kappa shape index (κ1) is 24.9. The fourth-order valence-electron chi connectivity index (χ4n) is 6.61. The van der Waals surface area contributed by atoms with E-state index in [9.17, 15) is 9.59 Å². The van der Waals surface area contributed by atoms with Crippen LogP contribution in [0.3, 0.4) is 0 Å². The van der Waals surface area contributed by atoms with Gasteiger partial charge >= 0.3 is 0 Å². The zero-order valence-electron chi connectivity index (χ0n) is 22.7. The normalized spacial score (nSPS) is 23.8. The third-order valence-electron chi connectivity index (χ3n) is 8.80. The van der Waals surface area contributed by atoms with Gasteiger partial charge in [-0.25, -0.2) is 0 Å². The van der Waals surface area contributed by atoms with Crippen molar-refractivity contribution in [3.05, 3.63) is 53.7 Å². The number of aromatic nitrogens is 2. The first-order valence-corrected chi connectivity index (χ1v) is 14.0. The molecule has 38 heavy (non-hydrogen) atoms. The molecular weight excluding hydrogens is 476 g/mol. The van der Waals surface area contributed by atoms with Crippen LogP contribution in [0.15, 0.2) is 42.5 Å². The van der Waals surface area contributed by atoms with Crippen LogP contribution in [0.1, 0.15) is 49.8 Å². The quantitative estimate of drug-likeness (QED) is 0.537. The molecular formula is C30H38N6O2. The van der Waals surface area contributed by atoms with E-state index in [1.54, 1.807) is 0 Å². The van der Waals surface area contributed by atoms with Crippen LogP contribution in [0, 0.1) is 6.92 Å². The number of hydrogen-bond donors (Lipinski definition) is 1. The number of anilines is 2. The molecule has 3 aliphatic heterocycles. The third kappa shape index (κ3) is 4.66. The summed E-state index contributed by atoms with van der Waals surface area (Å²) in [4.78, 5) is 31.8. The number of imide groups is 1. The van der Waals surface area contributed by atoms with Crippen molar-refractivity contribution in [1.82, 2.24) is 20.0 Å². The maximum atomic E-state index is 12.5.